The molecule has 0 rings (SSSR count). The van der Waals surface area contributed by atoms with E-state index >= 15 is 0 Å². The van der Waals surface area contributed by atoms with Crippen molar-refractivity contribution in [1.82, 2.24) is 4.90 Å². The molecule has 0 aliphatic carbocycles. The van der Waals surface area contributed by atoms with Gasteiger partial charge in [0.25, 0.3) is 0 Å². The topological polar surface area (TPSA) is 3.24 Å². The lowest BCUT2D eigenvalue weighted by Crippen LogP contribution is -2.26. The molecule has 0 fully saturated rings. The van der Waals surface area contributed by atoms with Crippen LogP contribution in [0.1, 0.15) is 13.3 Å². The molecule has 0 aliphatic heterocycles. The molecule has 0 spiro atoms. The lowest BCUT2D eigenvalue weighted by Gasteiger charge is -2.13. The largest absolute Gasteiger partial charge is 0.312 e. The van der Waals surface area contributed by atoms with Crippen LogP contribution < -0.4 is 0 Å². The number of hydrogen-bond donors (Lipinski definition) is 0. The predicted octanol–water partition coefficient (Wildman–Crippen LogP) is 1.91. The fourth-order valence-corrected chi connectivity index (χ4v) is 3.25. The second kappa shape index (κ2) is 6.62. The van der Waals surface area contributed by atoms with Crippen LogP contribution in [0.3, 0.4) is 0 Å². The summed E-state index contributed by atoms with van der Waals surface area (Å²) in [5.41, 5.74) is 0. The Kier molecular flexibility index (Phi) is 6.57. The van der Waals surface area contributed by atoms with Crippen LogP contribution in [0.2, 0.25) is 12.6 Å². The Morgan fingerprint density at radius 1 is 1.27 bits per heavy atom. The van der Waals surface area contributed by atoms with Crippen molar-refractivity contribution in [2.45, 2.75) is 25.9 Å². The van der Waals surface area contributed by atoms with Crippen LogP contribution in [0.15, 0.2) is 12.2 Å². The van der Waals surface area contributed by atoms with Crippen LogP contribution in [-0.2, 0) is 0 Å². The van der Waals surface area contributed by atoms with Crippen LogP contribution in [0, 0.1) is 0 Å². The van der Waals surface area contributed by atoms with E-state index in [1.807, 2.05) is 0 Å². The smallest absolute Gasteiger partial charge is 0.0536 e. The minimum absolute atomic E-state index is 0.453. The van der Waals surface area contributed by atoms with Crippen molar-refractivity contribution in [1.29, 1.82) is 0 Å². The van der Waals surface area contributed by atoms with Crippen molar-refractivity contribution in [3.05, 3.63) is 12.2 Å². The molecule has 0 saturated heterocycles. The fraction of sp³-hybridized carbons (Fsp3) is 0.778. The highest BCUT2D eigenvalue weighted by Gasteiger charge is 2.01. The Labute approximate surface area is 72.7 Å². The number of rotatable bonds is 5. The van der Waals surface area contributed by atoms with E-state index in [-0.39, 0.29) is 0 Å². The molecular weight excluding hydrogens is 150 g/mol. The van der Waals surface area contributed by atoms with Gasteiger partial charge in [-0.3, -0.25) is 0 Å². The molecule has 0 aromatic carbocycles. The van der Waals surface area contributed by atoms with Crippen molar-refractivity contribution in [3.63, 3.8) is 0 Å². The molecule has 0 aromatic heterocycles. The van der Waals surface area contributed by atoms with Crippen molar-refractivity contribution in [3.8, 4) is 0 Å². The first-order valence-electron chi connectivity index (χ1n) is 4.46. The van der Waals surface area contributed by atoms with E-state index in [2.05, 4.69) is 44.6 Å². The average Bonchev–Trinajstić information content (AvgIpc) is 1.86. The zero-order chi connectivity index (χ0) is 8.69. The van der Waals surface area contributed by atoms with E-state index in [4.69, 9.17) is 0 Å². The fourth-order valence-electron chi connectivity index (χ4n) is 1.19. The molecule has 2 heteroatoms. The molecule has 0 heterocycles. The molecule has 66 valence electrons. The summed E-state index contributed by atoms with van der Waals surface area (Å²) >= 11 is 0. The van der Waals surface area contributed by atoms with Crippen LogP contribution in [0.4, 0.5) is 0 Å². The van der Waals surface area contributed by atoms with E-state index in [1.165, 1.54) is 18.6 Å². The molecular formula is C9H21NSi. The van der Waals surface area contributed by atoms with Crippen LogP contribution in [0.5, 0.6) is 0 Å². The molecule has 0 saturated carbocycles. The first kappa shape index (κ1) is 10.9. The summed E-state index contributed by atoms with van der Waals surface area (Å²) < 4.78 is 0. The lowest BCUT2D eigenvalue weighted by atomic mass is 10.4. The van der Waals surface area contributed by atoms with Crippen LogP contribution >= 0.6 is 0 Å². The highest BCUT2D eigenvalue weighted by atomic mass is 28.3. The van der Waals surface area contributed by atoms with Gasteiger partial charge in [-0.1, -0.05) is 25.6 Å². The van der Waals surface area contributed by atoms with Gasteiger partial charge >= 0.3 is 0 Å². The van der Waals surface area contributed by atoms with Gasteiger partial charge in [0.15, 0.2) is 0 Å². The van der Waals surface area contributed by atoms with Crippen molar-refractivity contribution >= 4 is 8.80 Å². The first-order valence-corrected chi connectivity index (χ1v) is 7.25. The summed E-state index contributed by atoms with van der Waals surface area (Å²) in [6, 6.07) is 1.35. The summed E-state index contributed by atoms with van der Waals surface area (Å²) in [6.45, 7) is 4.62. The minimum atomic E-state index is -0.453. The first-order chi connectivity index (χ1) is 5.16. The van der Waals surface area contributed by atoms with Gasteiger partial charge in [0.2, 0.25) is 0 Å². The Balaban J connectivity index is 3.36. The summed E-state index contributed by atoms with van der Waals surface area (Å²) in [4.78, 5) is 2.30. The van der Waals surface area contributed by atoms with Gasteiger partial charge in [0.1, 0.15) is 0 Å². The normalized spacial score (nSPS) is 14.6. The van der Waals surface area contributed by atoms with E-state index in [1.54, 1.807) is 0 Å². The second-order valence-electron chi connectivity index (χ2n) is 3.48. The summed E-state index contributed by atoms with van der Waals surface area (Å²) in [5, 5.41) is 0. The third kappa shape index (κ3) is 7.82. The third-order valence-corrected chi connectivity index (χ3v) is 4.05. The predicted molar refractivity (Wildman–Crippen MR) is 55.8 cm³/mol. The highest BCUT2D eigenvalue weighted by Crippen LogP contribution is 1.96. The Hall–Kier alpha value is -0.0831. The molecule has 0 N–H and O–H groups in total. The van der Waals surface area contributed by atoms with Gasteiger partial charge in [0.05, 0.1) is 8.80 Å². The lowest BCUT2D eigenvalue weighted by molar-refractivity contribution is 0.474. The van der Waals surface area contributed by atoms with E-state index < -0.39 is 8.80 Å². The Bertz CT molecular complexity index is 110. The molecule has 0 aromatic rings. The monoisotopic (exact) mass is 171 g/mol. The molecule has 0 bridgehead atoms. The number of hydrogen-bond acceptors (Lipinski definition) is 1. The maximum Gasteiger partial charge on any atom is 0.0536 e. The van der Waals surface area contributed by atoms with Crippen LogP contribution in [0.25, 0.3) is 0 Å². The standard InChI is InChI=1S/C9H21NSi/c1-5-6-7-8-11(4)9-10(2)3/h6-7,11H,5,8-9H2,1-4H3. The van der Waals surface area contributed by atoms with Crippen molar-refractivity contribution in [2.75, 3.05) is 20.3 Å². The van der Waals surface area contributed by atoms with Gasteiger partial charge < -0.3 is 4.90 Å². The molecule has 0 aliphatic rings. The number of allylic oxidation sites excluding steroid dienone is 2. The maximum absolute atomic E-state index is 2.43. The van der Waals surface area contributed by atoms with E-state index in [0.29, 0.717) is 0 Å². The SMILES string of the molecule is CCC=CC[SiH](C)CN(C)C. The van der Waals surface area contributed by atoms with Gasteiger partial charge in [-0.2, -0.15) is 0 Å². The molecule has 1 unspecified atom stereocenters. The molecule has 11 heavy (non-hydrogen) atoms. The quantitative estimate of drug-likeness (QED) is 0.451. The molecule has 1 nitrogen and oxygen atoms in total. The zero-order valence-corrected chi connectivity index (χ0v) is 9.46. The minimum Gasteiger partial charge on any atom is -0.312 e. The summed E-state index contributed by atoms with van der Waals surface area (Å²) in [5.74, 6) is 0. The van der Waals surface area contributed by atoms with E-state index in [9.17, 15) is 0 Å². The Morgan fingerprint density at radius 2 is 1.91 bits per heavy atom. The summed E-state index contributed by atoms with van der Waals surface area (Å²) in [7, 11) is 3.87. The van der Waals surface area contributed by atoms with Crippen LogP contribution in [-0.4, -0.2) is 34.0 Å². The molecule has 1 atom stereocenters. The zero-order valence-electron chi connectivity index (χ0n) is 8.30. The number of nitrogens with zero attached hydrogens (tertiary/aromatic N) is 1. The van der Waals surface area contributed by atoms with Gasteiger partial charge in [0, 0.05) is 0 Å². The summed E-state index contributed by atoms with van der Waals surface area (Å²) in [6.07, 6.45) is 7.14. The van der Waals surface area contributed by atoms with Gasteiger partial charge in [-0.05, 0) is 32.7 Å². The highest BCUT2D eigenvalue weighted by molar-refractivity contribution is 6.57. The van der Waals surface area contributed by atoms with Crippen molar-refractivity contribution in [2.24, 2.45) is 0 Å². The van der Waals surface area contributed by atoms with Gasteiger partial charge in [-0.15, -0.1) is 0 Å². The Morgan fingerprint density at radius 3 is 2.36 bits per heavy atom. The van der Waals surface area contributed by atoms with Gasteiger partial charge in [-0.25, -0.2) is 0 Å². The average molecular weight is 171 g/mol. The second-order valence-corrected chi connectivity index (χ2v) is 6.53. The molecule has 0 amide bonds. The third-order valence-electron chi connectivity index (χ3n) is 1.62. The maximum atomic E-state index is 2.43. The molecule has 0 radical (unpaired) electrons. The van der Waals surface area contributed by atoms with E-state index in [0.717, 1.165) is 0 Å². The van der Waals surface area contributed by atoms with Crippen molar-refractivity contribution < 1.29 is 0 Å².